The van der Waals surface area contributed by atoms with Crippen LogP contribution in [0, 0.1) is 0 Å². The number of carboxylic acid groups (broad SMARTS) is 1. The summed E-state index contributed by atoms with van der Waals surface area (Å²) in [6.45, 7) is 1.18. The van der Waals surface area contributed by atoms with Gasteiger partial charge in [0.05, 0.1) is 0 Å². The predicted octanol–water partition coefficient (Wildman–Crippen LogP) is 2.97. The van der Waals surface area contributed by atoms with Gasteiger partial charge in [-0.3, -0.25) is 33.1 Å². The molecule has 0 saturated carbocycles. The molecule has 0 bridgehead atoms. The minimum Gasteiger partial charge on any atom is -0.481 e. The Hall–Kier alpha value is -4.97. The lowest BCUT2D eigenvalue weighted by atomic mass is 10.0. The van der Waals surface area contributed by atoms with Crippen molar-refractivity contribution in [3.05, 3.63) is 101 Å². The Morgan fingerprint density at radius 2 is 1.15 bits per heavy atom. The summed E-state index contributed by atoms with van der Waals surface area (Å²) in [5, 5.41) is 18.5. The average molecular weight is 805 g/mol. The monoisotopic (exact) mass is 804 g/mol. The Labute approximate surface area is 303 Å². The Balaban J connectivity index is 1.86. The molecule has 0 aliphatic rings. The van der Waals surface area contributed by atoms with E-state index in [4.69, 9.17) is 19.6 Å². The van der Waals surface area contributed by atoms with E-state index in [2.05, 4.69) is 21.3 Å². The van der Waals surface area contributed by atoms with Crippen molar-refractivity contribution in [2.45, 2.75) is 55.6 Å². The molecule has 54 heavy (non-hydrogen) atoms. The molecule has 0 unspecified atom stereocenters. The van der Waals surface area contributed by atoms with E-state index in [1.165, 1.54) is 31.2 Å². The van der Waals surface area contributed by atoms with Crippen molar-refractivity contribution in [2.24, 2.45) is 0 Å². The smallest absolute Gasteiger partial charge is 0.399 e. The van der Waals surface area contributed by atoms with E-state index in [1.54, 1.807) is 6.07 Å². The second kappa shape index (κ2) is 17.4. The maximum absolute atomic E-state index is 14.2. The number of alkyl halides is 4. The summed E-state index contributed by atoms with van der Waals surface area (Å²) in [7, 11) is -11.8. The molecule has 3 aromatic carbocycles. The van der Waals surface area contributed by atoms with Gasteiger partial charge in [-0.2, -0.15) is 17.6 Å². The Bertz CT molecular complexity index is 1940. The molecule has 3 aromatic rings. The minimum atomic E-state index is -5.93. The quantitative estimate of drug-likeness (QED) is 0.0704. The van der Waals surface area contributed by atoms with E-state index in [9.17, 15) is 55.8 Å². The van der Waals surface area contributed by atoms with Crippen LogP contribution >= 0.6 is 15.2 Å². The highest BCUT2D eigenvalue weighted by Crippen LogP contribution is 2.60. The number of hydrogen-bond donors (Lipinski definition) is 9. The van der Waals surface area contributed by atoms with Crippen molar-refractivity contribution in [3.8, 4) is 0 Å². The number of carbonyl (C=O) groups excluding carboxylic acids is 4. The molecule has 292 valence electrons. The van der Waals surface area contributed by atoms with Crippen molar-refractivity contribution in [2.75, 3.05) is 5.32 Å². The lowest BCUT2D eigenvalue weighted by molar-refractivity contribution is -0.137. The Morgan fingerprint density at radius 3 is 1.63 bits per heavy atom. The van der Waals surface area contributed by atoms with E-state index < -0.39 is 105 Å². The summed E-state index contributed by atoms with van der Waals surface area (Å²) < 4.78 is 78.9. The van der Waals surface area contributed by atoms with Crippen molar-refractivity contribution in [3.63, 3.8) is 0 Å². The lowest BCUT2D eigenvalue weighted by Crippen LogP contribution is -2.56. The fourth-order valence-electron chi connectivity index (χ4n) is 4.65. The van der Waals surface area contributed by atoms with Crippen LogP contribution < -0.4 is 21.3 Å². The third kappa shape index (κ3) is 11.3. The highest BCUT2D eigenvalue weighted by molar-refractivity contribution is 7.52. The molecule has 0 spiro atoms. The third-order valence-electron chi connectivity index (χ3n) is 7.66. The van der Waals surface area contributed by atoms with Gasteiger partial charge in [0.2, 0.25) is 17.7 Å². The van der Waals surface area contributed by atoms with Crippen molar-refractivity contribution in [1.82, 2.24) is 16.0 Å². The van der Waals surface area contributed by atoms with Crippen LogP contribution in [0.2, 0.25) is 0 Å². The highest BCUT2D eigenvalue weighted by atomic mass is 31.2. The van der Waals surface area contributed by atoms with Crippen LogP contribution in [0.15, 0.2) is 78.9 Å². The number of nitrogens with one attached hydrogen (secondary N) is 4. The van der Waals surface area contributed by atoms with Gasteiger partial charge >= 0.3 is 32.5 Å². The zero-order chi connectivity index (χ0) is 40.6. The van der Waals surface area contributed by atoms with E-state index in [-0.39, 0.29) is 16.8 Å². The summed E-state index contributed by atoms with van der Waals surface area (Å²) in [6, 6.07) is 9.34. The minimum absolute atomic E-state index is 0.0559. The summed E-state index contributed by atoms with van der Waals surface area (Å²) >= 11 is 0. The van der Waals surface area contributed by atoms with E-state index in [0.29, 0.717) is 24.3 Å². The zero-order valence-corrected chi connectivity index (χ0v) is 29.6. The first kappa shape index (κ1) is 43.4. The van der Waals surface area contributed by atoms with Gasteiger partial charge in [-0.1, -0.05) is 54.6 Å². The van der Waals surface area contributed by atoms with Gasteiger partial charge in [0.15, 0.2) is 0 Å². The van der Waals surface area contributed by atoms with E-state index >= 15 is 0 Å². The molecule has 3 atom stereocenters. The third-order valence-corrected chi connectivity index (χ3v) is 9.64. The zero-order valence-electron chi connectivity index (χ0n) is 27.9. The fourth-order valence-corrected chi connectivity index (χ4v) is 5.62. The molecular formula is C32H34F4N4O12P2. The number of halogens is 4. The maximum atomic E-state index is 14.2. The molecule has 0 saturated heterocycles. The second-order valence-corrected chi connectivity index (χ2v) is 15.1. The number of carboxylic acids is 1. The van der Waals surface area contributed by atoms with Gasteiger partial charge in [-0.15, -0.1) is 0 Å². The molecule has 0 aromatic heterocycles. The van der Waals surface area contributed by atoms with Crippen molar-refractivity contribution in [1.29, 1.82) is 0 Å². The molecule has 0 aliphatic carbocycles. The number of aliphatic carboxylic acids is 1. The standard InChI is InChI=1S/C32H34F4N4O12P2/c1-18(27(43)38-23-13-11-22(12-14-23)32(35,36)54(50,51)52)37-30(46)25(17-19-7-9-21(10-8-19)31(33,34)53(47,48)49)40-29(45)24(15-16-26(41)42)39-28(44)20-5-3-2-4-6-20/h2-14,18,24-25H,15-17H2,1H3,(H,37,46)(H,38,43)(H,39,44)(H,40,45)(H,41,42)(H2,47,48,49)(H2,50,51,52)/t18-,24-,25-/m0/s1. The molecular weight excluding hydrogens is 770 g/mol. The molecule has 0 radical (unpaired) electrons. The number of benzene rings is 3. The fraction of sp³-hybridized carbons (Fsp3) is 0.281. The molecule has 0 aliphatic heterocycles. The first-order valence-corrected chi connectivity index (χ1v) is 18.7. The summed E-state index contributed by atoms with van der Waals surface area (Å²) in [5.41, 5.74) is -11.2. The first-order chi connectivity index (χ1) is 24.9. The van der Waals surface area contributed by atoms with Crippen LogP contribution in [0.3, 0.4) is 0 Å². The predicted molar refractivity (Wildman–Crippen MR) is 181 cm³/mol. The van der Waals surface area contributed by atoms with Gasteiger partial charge in [-0.05, 0) is 43.2 Å². The second-order valence-electron chi connectivity index (χ2n) is 11.8. The molecule has 0 heterocycles. The lowest BCUT2D eigenvalue weighted by Gasteiger charge is -2.25. The van der Waals surface area contributed by atoms with Gasteiger partial charge in [0.25, 0.3) is 5.91 Å². The summed E-state index contributed by atoms with van der Waals surface area (Å²) in [4.78, 5) is 100.0. The van der Waals surface area contributed by atoms with Gasteiger partial charge in [-0.25, -0.2) is 0 Å². The van der Waals surface area contributed by atoms with Crippen molar-refractivity contribution >= 4 is 50.5 Å². The van der Waals surface area contributed by atoms with E-state index in [1.807, 2.05) is 0 Å². The molecule has 9 N–H and O–H groups in total. The van der Waals surface area contributed by atoms with Crippen LogP contribution in [-0.4, -0.2) is 72.4 Å². The van der Waals surface area contributed by atoms with Crippen LogP contribution in [0.5, 0.6) is 0 Å². The molecule has 0 fully saturated rings. The topological polar surface area (TPSA) is 269 Å². The average Bonchev–Trinajstić information content (AvgIpc) is 3.09. The largest absolute Gasteiger partial charge is 0.481 e. The molecule has 3 rings (SSSR count). The summed E-state index contributed by atoms with van der Waals surface area (Å²) in [6.07, 6.45) is -1.55. The number of carbonyl (C=O) groups is 5. The highest BCUT2D eigenvalue weighted by Gasteiger charge is 2.51. The number of rotatable bonds is 17. The first-order valence-electron chi connectivity index (χ1n) is 15.5. The van der Waals surface area contributed by atoms with Crippen LogP contribution in [0.4, 0.5) is 23.2 Å². The van der Waals surface area contributed by atoms with Gasteiger partial charge in [0, 0.05) is 35.2 Å². The van der Waals surface area contributed by atoms with Crippen LogP contribution in [-0.2, 0) is 46.1 Å². The van der Waals surface area contributed by atoms with Crippen LogP contribution in [0.25, 0.3) is 0 Å². The van der Waals surface area contributed by atoms with Gasteiger partial charge in [0.1, 0.15) is 18.1 Å². The van der Waals surface area contributed by atoms with E-state index in [0.717, 1.165) is 24.3 Å². The van der Waals surface area contributed by atoms with Gasteiger partial charge < -0.3 is 45.9 Å². The number of anilines is 1. The SMILES string of the molecule is C[C@H](NC(=O)[C@H](Cc1ccc(C(F)(F)P(=O)(O)O)cc1)NC(=O)[C@H](CCC(=O)O)NC(=O)c1ccccc1)C(=O)Nc1ccc(C(F)(F)P(=O)(O)O)cc1. The molecule has 22 heteroatoms. The number of hydrogen-bond acceptors (Lipinski definition) is 7. The normalized spacial score (nSPS) is 13.9. The Kier molecular flexibility index (Phi) is 14.0. The molecule has 16 nitrogen and oxygen atoms in total. The summed E-state index contributed by atoms with van der Waals surface area (Å²) in [5.74, 6) is -5.17. The molecule has 4 amide bonds. The maximum Gasteiger partial charge on any atom is 0.399 e. The van der Waals surface area contributed by atoms with Crippen molar-refractivity contribution < 1.29 is 75.3 Å². The van der Waals surface area contributed by atoms with Crippen LogP contribution in [0.1, 0.15) is 46.8 Å². The number of amides is 4. The Morgan fingerprint density at radius 1 is 0.667 bits per heavy atom.